The van der Waals surface area contributed by atoms with Gasteiger partial charge in [0.25, 0.3) is 0 Å². The SMILES string of the molecule is CC(C)C(NC(=O)CCOc1ccc2c(c1)OCO2)C(=O)O. The number of benzene rings is 1. The fraction of sp³-hybridized carbons (Fsp3) is 0.467. The summed E-state index contributed by atoms with van der Waals surface area (Å²) in [5, 5.41) is 11.5. The van der Waals surface area contributed by atoms with E-state index in [1.807, 2.05) is 0 Å². The molecular weight excluding hydrogens is 290 g/mol. The number of amides is 1. The van der Waals surface area contributed by atoms with Gasteiger partial charge in [-0.1, -0.05) is 13.8 Å². The number of rotatable bonds is 7. The van der Waals surface area contributed by atoms with Crippen molar-refractivity contribution in [1.29, 1.82) is 0 Å². The molecule has 1 aliphatic rings. The number of carbonyl (C=O) groups is 2. The zero-order valence-electron chi connectivity index (χ0n) is 12.5. The largest absolute Gasteiger partial charge is 0.493 e. The number of hydrogen-bond acceptors (Lipinski definition) is 5. The second kappa shape index (κ2) is 7.02. The Morgan fingerprint density at radius 3 is 2.73 bits per heavy atom. The predicted octanol–water partition coefficient (Wildman–Crippen LogP) is 1.41. The lowest BCUT2D eigenvalue weighted by Gasteiger charge is -2.17. The molecule has 1 aliphatic heterocycles. The third-order valence-corrected chi connectivity index (χ3v) is 3.19. The minimum atomic E-state index is -1.04. The van der Waals surface area contributed by atoms with Gasteiger partial charge >= 0.3 is 5.97 Å². The van der Waals surface area contributed by atoms with E-state index >= 15 is 0 Å². The molecule has 1 heterocycles. The molecule has 0 saturated carbocycles. The smallest absolute Gasteiger partial charge is 0.326 e. The molecule has 0 fully saturated rings. The van der Waals surface area contributed by atoms with Gasteiger partial charge in [0.2, 0.25) is 12.7 Å². The number of carbonyl (C=O) groups excluding carboxylic acids is 1. The van der Waals surface area contributed by atoms with E-state index in [2.05, 4.69) is 5.32 Å². The maximum Gasteiger partial charge on any atom is 0.326 e. The van der Waals surface area contributed by atoms with Crippen LogP contribution in [0, 0.1) is 5.92 Å². The van der Waals surface area contributed by atoms with Crippen molar-refractivity contribution >= 4 is 11.9 Å². The molecule has 120 valence electrons. The standard InChI is InChI=1S/C15H19NO6/c1-9(2)14(15(18)19)16-13(17)5-6-20-10-3-4-11-12(7-10)22-8-21-11/h3-4,7,9,14H,5-6,8H2,1-2H3,(H,16,17)(H,18,19). The Bertz CT molecular complexity index is 557. The van der Waals surface area contributed by atoms with Crippen molar-refractivity contribution in [3.63, 3.8) is 0 Å². The molecule has 7 heteroatoms. The maximum atomic E-state index is 11.7. The Morgan fingerprint density at radius 1 is 1.32 bits per heavy atom. The van der Waals surface area contributed by atoms with Gasteiger partial charge in [-0.15, -0.1) is 0 Å². The lowest BCUT2D eigenvalue weighted by Crippen LogP contribution is -2.44. The monoisotopic (exact) mass is 309 g/mol. The van der Waals surface area contributed by atoms with E-state index in [1.165, 1.54) is 0 Å². The molecule has 1 aromatic carbocycles. The zero-order chi connectivity index (χ0) is 16.1. The van der Waals surface area contributed by atoms with Crippen LogP contribution in [0.4, 0.5) is 0 Å². The highest BCUT2D eigenvalue weighted by Gasteiger charge is 2.23. The topological polar surface area (TPSA) is 94.1 Å². The molecule has 1 amide bonds. The number of hydrogen-bond donors (Lipinski definition) is 2. The lowest BCUT2D eigenvalue weighted by atomic mass is 10.0. The molecular formula is C15H19NO6. The molecule has 0 aromatic heterocycles. The number of aliphatic carboxylic acids is 1. The summed E-state index contributed by atoms with van der Waals surface area (Å²) >= 11 is 0. The number of carboxylic acid groups (broad SMARTS) is 1. The van der Waals surface area contributed by atoms with Gasteiger partial charge in [-0.2, -0.15) is 0 Å². The predicted molar refractivity (Wildman–Crippen MR) is 77.1 cm³/mol. The van der Waals surface area contributed by atoms with Gasteiger partial charge in [-0.3, -0.25) is 4.79 Å². The molecule has 1 aromatic rings. The van der Waals surface area contributed by atoms with Crippen molar-refractivity contribution in [1.82, 2.24) is 5.32 Å². The zero-order valence-corrected chi connectivity index (χ0v) is 12.5. The van der Waals surface area contributed by atoms with Gasteiger partial charge in [0.1, 0.15) is 11.8 Å². The van der Waals surface area contributed by atoms with Crippen LogP contribution in [-0.2, 0) is 9.59 Å². The first kappa shape index (κ1) is 15.9. The van der Waals surface area contributed by atoms with Crippen molar-refractivity contribution in [2.24, 2.45) is 5.92 Å². The van der Waals surface area contributed by atoms with Crippen LogP contribution in [0.15, 0.2) is 18.2 Å². The average Bonchev–Trinajstić information content (AvgIpc) is 2.91. The number of nitrogens with one attached hydrogen (secondary N) is 1. The van der Waals surface area contributed by atoms with E-state index in [0.717, 1.165) is 0 Å². The van der Waals surface area contributed by atoms with Crippen LogP contribution in [0.3, 0.4) is 0 Å². The summed E-state index contributed by atoms with van der Waals surface area (Å²) in [6.07, 6.45) is 0.0743. The Morgan fingerprint density at radius 2 is 2.05 bits per heavy atom. The first-order valence-corrected chi connectivity index (χ1v) is 7.02. The minimum Gasteiger partial charge on any atom is -0.493 e. The molecule has 1 atom stereocenters. The van der Waals surface area contributed by atoms with E-state index in [4.69, 9.17) is 19.3 Å². The number of ether oxygens (including phenoxy) is 3. The van der Waals surface area contributed by atoms with Crippen LogP contribution in [0.1, 0.15) is 20.3 Å². The molecule has 7 nitrogen and oxygen atoms in total. The highest BCUT2D eigenvalue weighted by Crippen LogP contribution is 2.35. The minimum absolute atomic E-state index is 0.0743. The fourth-order valence-corrected chi connectivity index (χ4v) is 1.99. The molecule has 0 bridgehead atoms. The normalized spacial score (nSPS) is 13.8. The molecule has 0 saturated heterocycles. The Kier molecular flexibility index (Phi) is 5.08. The van der Waals surface area contributed by atoms with Crippen LogP contribution in [0.25, 0.3) is 0 Å². The molecule has 2 rings (SSSR count). The Labute approximate surface area is 128 Å². The van der Waals surface area contributed by atoms with Crippen molar-refractivity contribution in [2.45, 2.75) is 26.3 Å². The Hall–Kier alpha value is -2.44. The fourth-order valence-electron chi connectivity index (χ4n) is 1.99. The third kappa shape index (κ3) is 4.03. The van der Waals surface area contributed by atoms with Crippen molar-refractivity contribution in [3.05, 3.63) is 18.2 Å². The number of fused-ring (bicyclic) bond motifs is 1. The van der Waals surface area contributed by atoms with Gasteiger partial charge in [0.05, 0.1) is 13.0 Å². The molecule has 0 spiro atoms. The summed E-state index contributed by atoms with van der Waals surface area (Å²) in [7, 11) is 0. The van der Waals surface area contributed by atoms with Crippen LogP contribution >= 0.6 is 0 Å². The molecule has 2 N–H and O–H groups in total. The molecule has 1 unspecified atom stereocenters. The first-order valence-electron chi connectivity index (χ1n) is 7.02. The highest BCUT2D eigenvalue weighted by atomic mass is 16.7. The summed E-state index contributed by atoms with van der Waals surface area (Å²) < 4.78 is 15.9. The summed E-state index contributed by atoms with van der Waals surface area (Å²) in [4.78, 5) is 22.7. The van der Waals surface area contributed by atoms with E-state index < -0.39 is 12.0 Å². The quantitative estimate of drug-likeness (QED) is 0.791. The highest BCUT2D eigenvalue weighted by molar-refractivity contribution is 5.83. The van der Waals surface area contributed by atoms with Crippen LogP contribution < -0.4 is 19.5 Å². The van der Waals surface area contributed by atoms with Gasteiger partial charge in [0, 0.05) is 6.07 Å². The molecule has 0 aliphatic carbocycles. The second-order valence-electron chi connectivity index (χ2n) is 5.24. The summed E-state index contributed by atoms with van der Waals surface area (Å²) in [5.41, 5.74) is 0. The summed E-state index contributed by atoms with van der Waals surface area (Å²) in [6, 6.07) is 4.25. The van der Waals surface area contributed by atoms with Gasteiger partial charge < -0.3 is 24.6 Å². The van der Waals surface area contributed by atoms with E-state index in [9.17, 15) is 9.59 Å². The second-order valence-corrected chi connectivity index (χ2v) is 5.24. The summed E-state index contributed by atoms with van der Waals surface area (Å²) in [6.45, 7) is 3.81. The maximum absolute atomic E-state index is 11.7. The van der Waals surface area contributed by atoms with E-state index in [-0.39, 0.29) is 31.6 Å². The first-order chi connectivity index (χ1) is 10.5. The molecule has 0 radical (unpaired) electrons. The van der Waals surface area contributed by atoms with Gasteiger partial charge in [0.15, 0.2) is 11.5 Å². The molecule has 22 heavy (non-hydrogen) atoms. The van der Waals surface area contributed by atoms with Gasteiger partial charge in [-0.05, 0) is 18.1 Å². The van der Waals surface area contributed by atoms with E-state index in [1.54, 1.807) is 32.0 Å². The van der Waals surface area contributed by atoms with Crippen LogP contribution in [0.5, 0.6) is 17.2 Å². The van der Waals surface area contributed by atoms with E-state index in [0.29, 0.717) is 17.2 Å². The van der Waals surface area contributed by atoms with Crippen molar-refractivity contribution in [3.8, 4) is 17.2 Å². The summed E-state index contributed by atoms with van der Waals surface area (Å²) in [5.74, 6) is 0.243. The van der Waals surface area contributed by atoms with Crippen LogP contribution in [0.2, 0.25) is 0 Å². The van der Waals surface area contributed by atoms with Crippen LogP contribution in [-0.4, -0.2) is 36.4 Å². The van der Waals surface area contributed by atoms with Crippen molar-refractivity contribution in [2.75, 3.05) is 13.4 Å². The number of carboxylic acids is 1. The average molecular weight is 309 g/mol. The van der Waals surface area contributed by atoms with Crippen molar-refractivity contribution < 1.29 is 28.9 Å². The van der Waals surface area contributed by atoms with Gasteiger partial charge in [-0.25, -0.2) is 4.79 Å². The Balaban J connectivity index is 1.78. The third-order valence-electron chi connectivity index (χ3n) is 3.19. The lowest BCUT2D eigenvalue weighted by molar-refractivity contribution is -0.143.